The zero-order valence-corrected chi connectivity index (χ0v) is 14.3. The van der Waals surface area contributed by atoms with Gasteiger partial charge in [-0.05, 0) is 30.0 Å². The van der Waals surface area contributed by atoms with Crippen molar-refractivity contribution in [3.63, 3.8) is 0 Å². The third-order valence-electron chi connectivity index (χ3n) is 4.64. The summed E-state index contributed by atoms with van der Waals surface area (Å²) >= 11 is 0. The average Bonchev–Trinajstić information content (AvgIpc) is 3.17. The van der Waals surface area contributed by atoms with E-state index in [2.05, 4.69) is 15.2 Å². The number of oxime groups is 1. The minimum atomic E-state index is -0.183. The van der Waals surface area contributed by atoms with E-state index < -0.39 is 0 Å². The van der Waals surface area contributed by atoms with E-state index in [1.54, 1.807) is 17.1 Å². The first kappa shape index (κ1) is 16.4. The van der Waals surface area contributed by atoms with E-state index in [0.29, 0.717) is 25.1 Å². The van der Waals surface area contributed by atoms with Gasteiger partial charge < -0.3 is 4.84 Å². The molecule has 0 amide bonds. The first-order valence-corrected chi connectivity index (χ1v) is 8.65. The van der Waals surface area contributed by atoms with Crippen LogP contribution in [-0.4, -0.2) is 20.5 Å². The van der Waals surface area contributed by atoms with E-state index in [9.17, 15) is 4.39 Å². The van der Waals surface area contributed by atoms with E-state index in [1.165, 1.54) is 12.4 Å². The smallest absolute Gasteiger partial charge is 0.142 e. The Hall–Kier alpha value is -3.02. The minimum absolute atomic E-state index is 0.0989. The van der Waals surface area contributed by atoms with Crippen molar-refractivity contribution in [2.75, 3.05) is 0 Å². The highest BCUT2D eigenvalue weighted by atomic mass is 19.1. The highest BCUT2D eigenvalue weighted by molar-refractivity contribution is 6.04. The third-order valence-corrected chi connectivity index (χ3v) is 4.64. The Balaban J connectivity index is 1.61. The number of nitrogens with zero attached hydrogens (tertiary/aromatic N) is 4. The summed E-state index contributed by atoms with van der Waals surface area (Å²) in [6.45, 7) is 1.02. The van der Waals surface area contributed by atoms with Gasteiger partial charge in [0.1, 0.15) is 25.1 Å². The second kappa shape index (κ2) is 7.47. The van der Waals surface area contributed by atoms with Crippen molar-refractivity contribution in [3.8, 4) is 0 Å². The molecule has 6 heteroatoms. The molecular weight excluding hydrogens is 331 g/mol. The normalized spacial score (nSPS) is 17.9. The Kier molecular flexibility index (Phi) is 4.73. The molecule has 1 heterocycles. The quantitative estimate of drug-likeness (QED) is 0.661. The summed E-state index contributed by atoms with van der Waals surface area (Å²) in [7, 11) is 0. The van der Waals surface area contributed by atoms with Crippen LogP contribution in [0.4, 0.5) is 4.39 Å². The van der Waals surface area contributed by atoms with Crippen LogP contribution in [0.15, 0.2) is 66.3 Å². The number of halogens is 1. The van der Waals surface area contributed by atoms with Gasteiger partial charge in [0.05, 0.1) is 12.3 Å². The molecule has 3 aromatic rings. The van der Waals surface area contributed by atoms with Gasteiger partial charge in [0.15, 0.2) is 0 Å². The van der Waals surface area contributed by atoms with E-state index in [4.69, 9.17) is 4.84 Å². The lowest BCUT2D eigenvalue weighted by Gasteiger charge is -2.26. The third kappa shape index (κ3) is 3.49. The Morgan fingerprint density at radius 3 is 2.85 bits per heavy atom. The molecule has 1 aromatic heterocycles. The molecule has 1 unspecified atom stereocenters. The molecule has 0 fully saturated rings. The van der Waals surface area contributed by atoms with Crippen LogP contribution < -0.4 is 0 Å². The molecule has 1 aliphatic carbocycles. The largest absolute Gasteiger partial charge is 0.391 e. The summed E-state index contributed by atoms with van der Waals surface area (Å²) in [6, 6.07) is 15.0. The predicted molar refractivity (Wildman–Crippen MR) is 96.0 cm³/mol. The molecule has 0 radical (unpaired) electrons. The van der Waals surface area contributed by atoms with Gasteiger partial charge in [0, 0.05) is 11.5 Å². The van der Waals surface area contributed by atoms with Crippen LogP contribution in [0.1, 0.15) is 23.1 Å². The number of hydrogen-bond donors (Lipinski definition) is 0. The zero-order valence-electron chi connectivity index (χ0n) is 14.3. The fourth-order valence-electron chi connectivity index (χ4n) is 3.33. The zero-order chi connectivity index (χ0) is 17.8. The SMILES string of the molecule is Fc1cccc2c1CCC(Cn1cncn1)/C2=N/OCc1ccccc1. The summed E-state index contributed by atoms with van der Waals surface area (Å²) in [5, 5.41) is 8.59. The van der Waals surface area contributed by atoms with Gasteiger partial charge in [-0.2, -0.15) is 5.10 Å². The summed E-state index contributed by atoms with van der Waals surface area (Å²) in [4.78, 5) is 9.62. The lowest BCUT2D eigenvalue weighted by atomic mass is 9.82. The molecule has 0 spiro atoms. The van der Waals surface area contributed by atoms with Crippen LogP contribution in [0.3, 0.4) is 0 Å². The second-order valence-electron chi connectivity index (χ2n) is 6.35. The van der Waals surface area contributed by atoms with Crippen molar-refractivity contribution in [3.05, 3.63) is 83.7 Å². The van der Waals surface area contributed by atoms with Crippen molar-refractivity contribution in [2.45, 2.75) is 26.0 Å². The summed E-state index contributed by atoms with van der Waals surface area (Å²) in [5.41, 5.74) is 3.36. The van der Waals surface area contributed by atoms with E-state index in [1.807, 2.05) is 36.4 Å². The number of fused-ring (bicyclic) bond motifs is 1. The second-order valence-corrected chi connectivity index (χ2v) is 6.35. The van der Waals surface area contributed by atoms with Gasteiger partial charge in [0.25, 0.3) is 0 Å². The van der Waals surface area contributed by atoms with Crippen LogP contribution in [-0.2, 0) is 24.4 Å². The lowest BCUT2D eigenvalue weighted by Crippen LogP contribution is -2.28. The summed E-state index contributed by atoms with van der Waals surface area (Å²) in [6.07, 6.45) is 4.67. The molecule has 4 rings (SSSR count). The standard InChI is InChI=1S/C20H19FN4O/c21-19-8-4-7-18-17(19)10-9-16(11-25-14-22-13-23-25)20(18)24-26-12-15-5-2-1-3-6-15/h1-8,13-14,16H,9-12H2/b24-20-. The first-order chi connectivity index (χ1) is 12.8. The van der Waals surface area contributed by atoms with Gasteiger partial charge in [-0.3, -0.25) is 4.68 Å². The highest BCUT2D eigenvalue weighted by Gasteiger charge is 2.28. The molecule has 0 aliphatic heterocycles. The lowest BCUT2D eigenvalue weighted by molar-refractivity contribution is 0.128. The minimum Gasteiger partial charge on any atom is -0.391 e. The predicted octanol–water partition coefficient (Wildman–Crippen LogP) is 3.60. The maximum absolute atomic E-state index is 14.2. The molecule has 1 aliphatic rings. The van der Waals surface area contributed by atoms with Gasteiger partial charge >= 0.3 is 0 Å². The molecule has 1 atom stereocenters. The monoisotopic (exact) mass is 350 g/mol. The topological polar surface area (TPSA) is 52.3 Å². The fraction of sp³-hybridized carbons (Fsp3) is 0.250. The Bertz CT molecular complexity index is 893. The molecule has 26 heavy (non-hydrogen) atoms. The van der Waals surface area contributed by atoms with Gasteiger partial charge in [0.2, 0.25) is 0 Å². The Morgan fingerprint density at radius 1 is 1.15 bits per heavy atom. The van der Waals surface area contributed by atoms with Crippen molar-refractivity contribution in [1.82, 2.24) is 14.8 Å². The maximum atomic E-state index is 14.2. The van der Waals surface area contributed by atoms with Gasteiger partial charge in [-0.1, -0.05) is 47.6 Å². The molecule has 2 aromatic carbocycles. The molecule has 5 nitrogen and oxygen atoms in total. The molecule has 0 saturated carbocycles. The van der Waals surface area contributed by atoms with Crippen molar-refractivity contribution >= 4 is 5.71 Å². The van der Waals surface area contributed by atoms with Gasteiger partial charge in [-0.15, -0.1) is 0 Å². The van der Waals surface area contributed by atoms with Crippen LogP contribution in [0.25, 0.3) is 0 Å². The average molecular weight is 350 g/mol. The summed E-state index contributed by atoms with van der Waals surface area (Å²) in [5.74, 6) is -0.0840. The van der Waals surface area contributed by atoms with E-state index >= 15 is 0 Å². The van der Waals surface area contributed by atoms with Crippen LogP contribution in [0.2, 0.25) is 0 Å². The van der Waals surface area contributed by atoms with Crippen LogP contribution in [0, 0.1) is 11.7 Å². The molecule has 132 valence electrons. The number of aromatic nitrogens is 3. The number of hydrogen-bond acceptors (Lipinski definition) is 4. The van der Waals surface area contributed by atoms with E-state index in [-0.39, 0.29) is 11.7 Å². The van der Waals surface area contributed by atoms with Crippen LogP contribution >= 0.6 is 0 Å². The first-order valence-electron chi connectivity index (χ1n) is 8.65. The number of rotatable bonds is 5. The maximum Gasteiger partial charge on any atom is 0.142 e. The van der Waals surface area contributed by atoms with Crippen molar-refractivity contribution < 1.29 is 9.23 Å². The van der Waals surface area contributed by atoms with Gasteiger partial charge in [-0.25, -0.2) is 9.37 Å². The summed E-state index contributed by atoms with van der Waals surface area (Å²) < 4.78 is 16.0. The van der Waals surface area contributed by atoms with Crippen LogP contribution in [0.5, 0.6) is 0 Å². The molecule has 0 saturated heterocycles. The Labute approximate surface area is 151 Å². The van der Waals surface area contributed by atoms with Crippen molar-refractivity contribution in [1.29, 1.82) is 0 Å². The number of benzene rings is 2. The molecular formula is C20H19FN4O. The van der Waals surface area contributed by atoms with E-state index in [0.717, 1.165) is 23.3 Å². The fourth-order valence-corrected chi connectivity index (χ4v) is 3.33. The Morgan fingerprint density at radius 2 is 2.04 bits per heavy atom. The highest BCUT2D eigenvalue weighted by Crippen LogP contribution is 2.29. The van der Waals surface area contributed by atoms with Crippen molar-refractivity contribution in [2.24, 2.45) is 11.1 Å². The molecule has 0 bridgehead atoms. The molecule has 0 N–H and O–H groups in total.